The van der Waals surface area contributed by atoms with Gasteiger partial charge in [0.05, 0.1) is 6.42 Å². The van der Waals surface area contributed by atoms with Gasteiger partial charge in [-0.1, -0.05) is 18.2 Å². The Morgan fingerprint density at radius 3 is 2.28 bits per heavy atom. The van der Waals surface area contributed by atoms with Crippen LogP contribution in [0.15, 0.2) is 30.4 Å². The van der Waals surface area contributed by atoms with E-state index in [9.17, 15) is 4.79 Å². The highest BCUT2D eigenvalue weighted by Crippen LogP contribution is 2.20. The number of benzene rings is 1. The number of aryl methyl sites for hydroxylation is 2. The number of carboxylic acid groups (broad SMARTS) is 1. The van der Waals surface area contributed by atoms with Crippen LogP contribution >= 0.6 is 0 Å². The standard InChI is InChI=1S/C15H21NO2/c1-11(2)10-16(6-5-15(17)18)14-8-12(3)7-13(4)9-14/h7-9H,1,5-6,10H2,2-4H3,(H,17,18). The van der Waals surface area contributed by atoms with Crippen molar-refractivity contribution in [1.82, 2.24) is 0 Å². The van der Waals surface area contributed by atoms with E-state index in [0.29, 0.717) is 13.1 Å². The Morgan fingerprint density at radius 2 is 1.83 bits per heavy atom. The summed E-state index contributed by atoms with van der Waals surface area (Å²) in [6.45, 7) is 11.2. The summed E-state index contributed by atoms with van der Waals surface area (Å²) in [5.74, 6) is -0.772. The van der Waals surface area contributed by atoms with Crippen molar-refractivity contribution in [2.45, 2.75) is 27.2 Å². The van der Waals surface area contributed by atoms with Gasteiger partial charge in [0.1, 0.15) is 0 Å². The van der Waals surface area contributed by atoms with Gasteiger partial charge in [-0.15, -0.1) is 0 Å². The zero-order valence-electron chi connectivity index (χ0n) is 11.4. The molecule has 0 aliphatic carbocycles. The van der Waals surface area contributed by atoms with Crippen LogP contribution in [0.3, 0.4) is 0 Å². The third-order valence-electron chi connectivity index (χ3n) is 2.63. The molecule has 0 amide bonds. The largest absolute Gasteiger partial charge is 0.481 e. The Hall–Kier alpha value is -1.77. The summed E-state index contributed by atoms with van der Waals surface area (Å²) in [5.41, 5.74) is 4.47. The first-order valence-electron chi connectivity index (χ1n) is 6.08. The SMILES string of the molecule is C=C(C)CN(CCC(=O)O)c1cc(C)cc(C)c1. The van der Waals surface area contributed by atoms with Gasteiger partial charge < -0.3 is 10.0 Å². The van der Waals surface area contributed by atoms with Gasteiger partial charge in [-0.25, -0.2) is 0 Å². The fourth-order valence-electron chi connectivity index (χ4n) is 1.99. The predicted molar refractivity (Wildman–Crippen MR) is 75.2 cm³/mol. The van der Waals surface area contributed by atoms with Gasteiger partial charge in [-0.05, 0) is 44.0 Å². The van der Waals surface area contributed by atoms with Crippen molar-refractivity contribution >= 4 is 11.7 Å². The molecule has 1 aromatic rings. The molecule has 1 rings (SSSR count). The second kappa shape index (κ2) is 6.24. The molecule has 0 aliphatic heterocycles. The average molecular weight is 247 g/mol. The van der Waals surface area contributed by atoms with Gasteiger partial charge in [0.25, 0.3) is 0 Å². The molecule has 18 heavy (non-hydrogen) atoms. The molecule has 0 fully saturated rings. The topological polar surface area (TPSA) is 40.5 Å². The van der Waals surface area contributed by atoms with Crippen molar-refractivity contribution in [2.75, 3.05) is 18.0 Å². The van der Waals surface area contributed by atoms with Crippen molar-refractivity contribution < 1.29 is 9.90 Å². The highest BCUT2D eigenvalue weighted by Gasteiger charge is 2.09. The lowest BCUT2D eigenvalue weighted by Crippen LogP contribution is -2.27. The van der Waals surface area contributed by atoms with Gasteiger partial charge >= 0.3 is 5.97 Å². The van der Waals surface area contributed by atoms with E-state index in [2.05, 4.69) is 29.7 Å². The number of carbonyl (C=O) groups is 1. The van der Waals surface area contributed by atoms with Crippen LogP contribution < -0.4 is 4.90 Å². The molecular formula is C15H21NO2. The molecule has 0 aliphatic rings. The second-order valence-corrected chi connectivity index (χ2v) is 4.87. The Morgan fingerprint density at radius 1 is 1.28 bits per heavy atom. The molecule has 0 saturated carbocycles. The molecule has 1 N–H and O–H groups in total. The van der Waals surface area contributed by atoms with E-state index in [0.717, 1.165) is 11.3 Å². The van der Waals surface area contributed by atoms with Crippen molar-refractivity contribution in [2.24, 2.45) is 0 Å². The normalized spacial score (nSPS) is 10.2. The van der Waals surface area contributed by atoms with Crippen LogP contribution in [0.1, 0.15) is 24.5 Å². The van der Waals surface area contributed by atoms with Crippen LogP contribution in [0.4, 0.5) is 5.69 Å². The van der Waals surface area contributed by atoms with Crippen LogP contribution in [0.5, 0.6) is 0 Å². The van der Waals surface area contributed by atoms with Crippen LogP contribution in [0.2, 0.25) is 0 Å². The number of nitrogens with zero attached hydrogens (tertiary/aromatic N) is 1. The van der Waals surface area contributed by atoms with Crippen LogP contribution in [-0.2, 0) is 4.79 Å². The maximum atomic E-state index is 10.7. The third-order valence-corrected chi connectivity index (χ3v) is 2.63. The molecule has 0 aromatic heterocycles. The van der Waals surface area contributed by atoms with E-state index in [1.165, 1.54) is 11.1 Å². The summed E-state index contributed by atoms with van der Waals surface area (Å²) in [4.78, 5) is 12.8. The highest BCUT2D eigenvalue weighted by atomic mass is 16.4. The van der Waals surface area contributed by atoms with Gasteiger partial charge in [-0.3, -0.25) is 4.79 Å². The smallest absolute Gasteiger partial charge is 0.305 e. The molecule has 0 unspecified atom stereocenters. The molecule has 0 atom stereocenters. The quantitative estimate of drug-likeness (QED) is 0.785. The maximum Gasteiger partial charge on any atom is 0.305 e. The summed E-state index contributed by atoms with van der Waals surface area (Å²) in [6, 6.07) is 6.27. The minimum atomic E-state index is -0.772. The van der Waals surface area contributed by atoms with Gasteiger partial charge in [0, 0.05) is 18.8 Å². The Labute approximate surface area is 109 Å². The predicted octanol–water partition coefficient (Wildman–Crippen LogP) is 3.16. The van der Waals surface area contributed by atoms with Crippen LogP contribution in [-0.4, -0.2) is 24.2 Å². The second-order valence-electron chi connectivity index (χ2n) is 4.87. The average Bonchev–Trinajstić information content (AvgIpc) is 2.22. The molecule has 0 spiro atoms. The Balaban J connectivity index is 2.92. The fourth-order valence-corrected chi connectivity index (χ4v) is 1.99. The van der Waals surface area contributed by atoms with Gasteiger partial charge in [0.15, 0.2) is 0 Å². The van der Waals surface area contributed by atoms with Crippen molar-refractivity contribution in [1.29, 1.82) is 0 Å². The van der Waals surface area contributed by atoms with Gasteiger partial charge in [0.2, 0.25) is 0 Å². The number of hydrogen-bond donors (Lipinski definition) is 1. The molecule has 0 radical (unpaired) electrons. The fraction of sp³-hybridized carbons (Fsp3) is 0.400. The van der Waals surface area contributed by atoms with Gasteiger partial charge in [-0.2, -0.15) is 0 Å². The van der Waals surface area contributed by atoms with E-state index in [1.807, 2.05) is 20.8 Å². The zero-order valence-corrected chi connectivity index (χ0v) is 11.4. The summed E-state index contributed by atoms with van der Waals surface area (Å²) >= 11 is 0. The first kappa shape index (κ1) is 14.3. The molecule has 1 aromatic carbocycles. The van der Waals surface area contributed by atoms with Crippen LogP contribution in [0.25, 0.3) is 0 Å². The number of aliphatic carboxylic acids is 1. The summed E-state index contributed by atoms with van der Waals surface area (Å²) in [7, 11) is 0. The molecule has 0 heterocycles. The lowest BCUT2D eigenvalue weighted by Gasteiger charge is -2.25. The van der Waals surface area contributed by atoms with E-state index in [1.54, 1.807) is 0 Å². The minimum Gasteiger partial charge on any atom is -0.481 e. The summed E-state index contributed by atoms with van der Waals surface area (Å²) in [5, 5.41) is 8.80. The monoisotopic (exact) mass is 247 g/mol. The number of rotatable bonds is 6. The lowest BCUT2D eigenvalue weighted by molar-refractivity contribution is -0.136. The van der Waals surface area contributed by atoms with E-state index >= 15 is 0 Å². The molecular weight excluding hydrogens is 226 g/mol. The molecule has 3 heteroatoms. The Kier molecular flexibility index (Phi) is 4.95. The number of hydrogen-bond acceptors (Lipinski definition) is 2. The maximum absolute atomic E-state index is 10.7. The van der Waals surface area contributed by atoms with Crippen molar-refractivity contribution in [3.05, 3.63) is 41.5 Å². The van der Waals surface area contributed by atoms with E-state index in [-0.39, 0.29) is 6.42 Å². The van der Waals surface area contributed by atoms with E-state index in [4.69, 9.17) is 5.11 Å². The molecule has 0 bridgehead atoms. The number of anilines is 1. The first-order valence-corrected chi connectivity index (χ1v) is 6.08. The summed E-state index contributed by atoms with van der Waals surface area (Å²) < 4.78 is 0. The minimum absolute atomic E-state index is 0.139. The highest BCUT2D eigenvalue weighted by molar-refractivity contribution is 5.68. The van der Waals surface area contributed by atoms with Crippen LogP contribution in [0, 0.1) is 13.8 Å². The number of carboxylic acids is 1. The van der Waals surface area contributed by atoms with E-state index < -0.39 is 5.97 Å². The zero-order chi connectivity index (χ0) is 13.7. The molecule has 98 valence electrons. The molecule has 0 saturated heterocycles. The van der Waals surface area contributed by atoms with Crippen molar-refractivity contribution in [3.63, 3.8) is 0 Å². The first-order chi connectivity index (χ1) is 8.38. The van der Waals surface area contributed by atoms with Crippen molar-refractivity contribution in [3.8, 4) is 0 Å². The lowest BCUT2D eigenvalue weighted by atomic mass is 10.1. The molecule has 3 nitrogen and oxygen atoms in total. The summed E-state index contributed by atoms with van der Waals surface area (Å²) in [6.07, 6.45) is 0.139. The third kappa shape index (κ3) is 4.62. The Bertz CT molecular complexity index is 432.